The number of para-hydroxylation sites is 2. The van der Waals surface area contributed by atoms with Crippen molar-refractivity contribution in [2.24, 2.45) is 4.99 Å². The summed E-state index contributed by atoms with van der Waals surface area (Å²) in [5.41, 5.74) is 2.70. The second-order valence-corrected chi connectivity index (χ2v) is 3.36. The summed E-state index contributed by atoms with van der Waals surface area (Å²) >= 11 is 0. The van der Waals surface area contributed by atoms with Crippen LogP contribution in [-0.4, -0.2) is 23.0 Å². The largest absolute Gasteiger partial charge is 0.494 e. The van der Waals surface area contributed by atoms with Crippen LogP contribution in [0.4, 0.5) is 5.69 Å². The van der Waals surface area contributed by atoms with Gasteiger partial charge in [-0.05, 0) is 19.1 Å². The number of aromatic nitrogens is 2. The average molecular weight is 215 g/mol. The Hall–Kier alpha value is -2.10. The van der Waals surface area contributed by atoms with Crippen molar-refractivity contribution in [2.45, 2.75) is 6.92 Å². The second kappa shape index (κ2) is 4.61. The number of hydrogen-bond acceptors (Lipinski definition) is 3. The van der Waals surface area contributed by atoms with E-state index in [9.17, 15) is 0 Å². The molecule has 0 spiro atoms. The predicted octanol–water partition coefficient (Wildman–Crippen LogP) is 2.56. The molecule has 2 rings (SSSR count). The quantitative estimate of drug-likeness (QED) is 0.800. The van der Waals surface area contributed by atoms with Crippen LogP contribution in [0, 0.1) is 0 Å². The zero-order valence-corrected chi connectivity index (χ0v) is 9.27. The van der Waals surface area contributed by atoms with E-state index in [0.717, 1.165) is 22.7 Å². The number of nitrogens with one attached hydrogen (secondary N) is 1. The monoisotopic (exact) mass is 215 g/mol. The molecule has 0 bridgehead atoms. The summed E-state index contributed by atoms with van der Waals surface area (Å²) in [7, 11) is 1.64. The zero-order valence-electron chi connectivity index (χ0n) is 9.27. The fourth-order valence-corrected chi connectivity index (χ4v) is 1.42. The van der Waals surface area contributed by atoms with Crippen LogP contribution in [0.2, 0.25) is 0 Å². The number of rotatable bonds is 3. The van der Waals surface area contributed by atoms with Crippen molar-refractivity contribution < 1.29 is 4.74 Å². The smallest absolute Gasteiger partial charge is 0.144 e. The van der Waals surface area contributed by atoms with Gasteiger partial charge < -0.3 is 4.74 Å². The molecule has 0 fully saturated rings. The van der Waals surface area contributed by atoms with Gasteiger partial charge in [0, 0.05) is 17.5 Å². The molecule has 1 aromatic carbocycles. The van der Waals surface area contributed by atoms with Crippen molar-refractivity contribution in [1.82, 2.24) is 10.2 Å². The van der Waals surface area contributed by atoms with Crippen molar-refractivity contribution in [3.63, 3.8) is 0 Å². The zero-order chi connectivity index (χ0) is 11.4. The molecule has 82 valence electrons. The number of methoxy groups -OCH3 is 1. The van der Waals surface area contributed by atoms with Gasteiger partial charge in [-0.1, -0.05) is 12.1 Å². The van der Waals surface area contributed by atoms with E-state index in [0.29, 0.717) is 0 Å². The molecule has 0 aliphatic heterocycles. The maximum Gasteiger partial charge on any atom is 0.144 e. The van der Waals surface area contributed by atoms with Crippen LogP contribution < -0.4 is 4.74 Å². The molecule has 4 nitrogen and oxygen atoms in total. The summed E-state index contributed by atoms with van der Waals surface area (Å²) in [5, 5.41) is 6.65. The van der Waals surface area contributed by atoms with Gasteiger partial charge in [0.1, 0.15) is 11.4 Å². The first-order valence-corrected chi connectivity index (χ1v) is 4.98. The van der Waals surface area contributed by atoms with Gasteiger partial charge in [-0.15, -0.1) is 0 Å². The fraction of sp³-hybridized carbons (Fsp3) is 0.167. The predicted molar refractivity (Wildman–Crippen MR) is 63.5 cm³/mol. The van der Waals surface area contributed by atoms with Crippen molar-refractivity contribution in [2.75, 3.05) is 7.11 Å². The number of nitrogens with zero attached hydrogens (tertiary/aromatic N) is 2. The molecule has 0 aliphatic carbocycles. The highest BCUT2D eigenvalue weighted by atomic mass is 16.5. The molecule has 4 heteroatoms. The number of ether oxygens (including phenoxy) is 1. The molecule has 0 atom stereocenters. The number of benzene rings is 1. The maximum atomic E-state index is 5.23. The van der Waals surface area contributed by atoms with E-state index in [1.165, 1.54) is 0 Å². The van der Waals surface area contributed by atoms with E-state index in [2.05, 4.69) is 15.2 Å². The van der Waals surface area contributed by atoms with Crippen LogP contribution >= 0.6 is 0 Å². The third kappa shape index (κ3) is 2.11. The van der Waals surface area contributed by atoms with Crippen LogP contribution in [0.3, 0.4) is 0 Å². The molecule has 1 N–H and O–H groups in total. The van der Waals surface area contributed by atoms with Crippen LogP contribution in [0.25, 0.3) is 0 Å². The van der Waals surface area contributed by atoms with Gasteiger partial charge in [-0.25, -0.2) is 4.99 Å². The summed E-state index contributed by atoms with van der Waals surface area (Å²) in [6.45, 7) is 1.94. The molecule has 1 heterocycles. The summed E-state index contributed by atoms with van der Waals surface area (Å²) in [6.07, 6.45) is 3.56. The van der Waals surface area contributed by atoms with Gasteiger partial charge in [0.05, 0.1) is 13.3 Å². The van der Waals surface area contributed by atoms with Crippen molar-refractivity contribution >= 4 is 11.4 Å². The SMILES string of the molecule is COc1ccccc1/N=C(\C)c1cn[nH]c1. The van der Waals surface area contributed by atoms with E-state index >= 15 is 0 Å². The minimum atomic E-state index is 0.769. The van der Waals surface area contributed by atoms with Gasteiger partial charge in [-0.3, -0.25) is 5.10 Å². The standard InChI is InChI=1S/C12H13N3O/c1-9(10-7-13-14-8-10)15-11-5-3-4-6-12(11)16-2/h3-8H,1-2H3,(H,13,14)/b15-9+. The normalized spacial score (nSPS) is 11.5. The van der Waals surface area contributed by atoms with E-state index in [-0.39, 0.29) is 0 Å². The first-order chi connectivity index (χ1) is 7.81. The van der Waals surface area contributed by atoms with E-state index in [1.807, 2.05) is 37.4 Å². The first-order valence-electron chi connectivity index (χ1n) is 4.98. The van der Waals surface area contributed by atoms with Gasteiger partial charge in [0.25, 0.3) is 0 Å². The lowest BCUT2D eigenvalue weighted by Crippen LogP contribution is -1.91. The summed E-state index contributed by atoms with van der Waals surface area (Å²) in [4.78, 5) is 4.50. The Morgan fingerprint density at radius 1 is 1.38 bits per heavy atom. The molecular weight excluding hydrogens is 202 g/mol. The lowest BCUT2D eigenvalue weighted by molar-refractivity contribution is 0.416. The van der Waals surface area contributed by atoms with Gasteiger partial charge in [0.15, 0.2) is 0 Å². The Morgan fingerprint density at radius 3 is 2.88 bits per heavy atom. The Kier molecular flexibility index (Phi) is 3.00. The topological polar surface area (TPSA) is 50.3 Å². The highest BCUT2D eigenvalue weighted by Crippen LogP contribution is 2.26. The van der Waals surface area contributed by atoms with E-state index in [1.54, 1.807) is 13.3 Å². The van der Waals surface area contributed by atoms with Gasteiger partial charge in [0.2, 0.25) is 0 Å². The molecule has 0 saturated carbocycles. The van der Waals surface area contributed by atoms with Crippen LogP contribution in [0.15, 0.2) is 41.7 Å². The van der Waals surface area contributed by atoms with Gasteiger partial charge >= 0.3 is 0 Å². The number of H-pyrrole nitrogens is 1. The van der Waals surface area contributed by atoms with Crippen LogP contribution in [0.5, 0.6) is 5.75 Å². The maximum absolute atomic E-state index is 5.23. The van der Waals surface area contributed by atoms with E-state index in [4.69, 9.17) is 4.74 Å². The molecule has 1 aromatic heterocycles. The minimum Gasteiger partial charge on any atom is -0.494 e. The number of aliphatic imine (C=N–C) groups is 1. The third-order valence-electron chi connectivity index (χ3n) is 2.29. The molecular formula is C12H13N3O. The van der Waals surface area contributed by atoms with Crippen LogP contribution in [-0.2, 0) is 0 Å². The van der Waals surface area contributed by atoms with Gasteiger partial charge in [-0.2, -0.15) is 5.10 Å². The highest BCUT2D eigenvalue weighted by molar-refractivity contribution is 6.00. The minimum absolute atomic E-state index is 0.769. The summed E-state index contributed by atoms with van der Waals surface area (Å²) in [6, 6.07) is 7.67. The van der Waals surface area contributed by atoms with Crippen molar-refractivity contribution in [3.8, 4) is 5.75 Å². The third-order valence-corrected chi connectivity index (χ3v) is 2.29. The molecule has 16 heavy (non-hydrogen) atoms. The Balaban J connectivity index is 2.35. The molecule has 0 radical (unpaired) electrons. The molecule has 0 unspecified atom stereocenters. The number of aromatic amines is 1. The Morgan fingerprint density at radius 2 is 2.19 bits per heavy atom. The average Bonchev–Trinajstić information content (AvgIpc) is 2.83. The first kappa shape index (κ1) is 10.4. The Bertz CT molecular complexity index is 489. The number of hydrogen-bond donors (Lipinski definition) is 1. The van der Waals surface area contributed by atoms with Crippen molar-refractivity contribution in [3.05, 3.63) is 42.2 Å². The fourth-order valence-electron chi connectivity index (χ4n) is 1.42. The second-order valence-electron chi connectivity index (χ2n) is 3.36. The molecule has 0 amide bonds. The summed E-state index contributed by atoms with van der Waals surface area (Å²) < 4.78 is 5.23. The Labute approximate surface area is 94.0 Å². The summed E-state index contributed by atoms with van der Waals surface area (Å²) in [5.74, 6) is 0.769. The molecule has 0 aliphatic rings. The lowest BCUT2D eigenvalue weighted by Gasteiger charge is -2.04. The molecule has 0 saturated heterocycles. The van der Waals surface area contributed by atoms with Crippen molar-refractivity contribution in [1.29, 1.82) is 0 Å². The lowest BCUT2D eigenvalue weighted by atomic mass is 10.2. The van der Waals surface area contributed by atoms with E-state index < -0.39 is 0 Å². The van der Waals surface area contributed by atoms with Crippen LogP contribution in [0.1, 0.15) is 12.5 Å². The highest BCUT2D eigenvalue weighted by Gasteiger charge is 2.02. The molecule has 2 aromatic rings.